The quantitative estimate of drug-likeness (QED) is 0.855. The Morgan fingerprint density at radius 2 is 1.90 bits per heavy atom. The van der Waals surface area contributed by atoms with Gasteiger partial charge in [-0.25, -0.2) is 0 Å². The van der Waals surface area contributed by atoms with Gasteiger partial charge in [0.05, 0.1) is 0 Å². The van der Waals surface area contributed by atoms with Crippen LogP contribution in [0, 0.1) is 11.3 Å². The minimum Gasteiger partial charge on any atom is -0.312 e. The SMILES string of the molecule is c1ccc(CN2CCC(NCC3(C4CC4)CC3)C2)cc1. The fourth-order valence-corrected chi connectivity index (χ4v) is 3.92. The van der Waals surface area contributed by atoms with E-state index in [9.17, 15) is 0 Å². The highest BCUT2D eigenvalue weighted by Crippen LogP contribution is 2.60. The third-order valence-electron chi connectivity index (χ3n) is 5.60. The molecular weight excluding hydrogens is 244 g/mol. The van der Waals surface area contributed by atoms with Gasteiger partial charge in [0.1, 0.15) is 0 Å². The fraction of sp³-hybridized carbons (Fsp3) is 0.667. The number of hydrogen-bond acceptors (Lipinski definition) is 2. The van der Waals surface area contributed by atoms with Crippen molar-refractivity contribution in [2.75, 3.05) is 19.6 Å². The van der Waals surface area contributed by atoms with Crippen molar-refractivity contribution in [1.29, 1.82) is 0 Å². The van der Waals surface area contributed by atoms with E-state index in [0.29, 0.717) is 0 Å². The van der Waals surface area contributed by atoms with Crippen LogP contribution in [0.2, 0.25) is 0 Å². The molecule has 1 saturated heterocycles. The molecule has 1 N–H and O–H groups in total. The Hall–Kier alpha value is -0.860. The predicted molar refractivity (Wildman–Crippen MR) is 82.5 cm³/mol. The minimum absolute atomic E-state index is 0.731. The summed E-state index contributed by atoms with van der Waals surface area (Å²) < 4.78 is 0. The third kappa shape index (κ3) is 2.77. The highest BCUT2D eigenvalue weighted by atomic mass is 15.2. The molecule has 0 spiro atoms. The van der Waals surface area contributed by atoms with Crippen molar-refractivity contribution >= 4 is 0 Å². The van der Waals surface area contributed by atoms with Crippen LogP contribution in [0.3, 0.4) is 0 Å². The minimum atomic E-state index is 0.731. The first-order chi connectivity index (χ1) is 9.84. The average molecular weight is 270 g/mol. The summed E-state index contributed by atoms with van der Waals surface area (Å²) in [6, 6.07) is 11.6. The van der Waals surface area contributed by atoms with Crippen molar-refractivity contribution in [3.05, 3.63) is 35.9 Å². The van der Waals surface area contributed by atoms with Gasteiger partial charge in [0.25, 0.3) is 0 Å². The number of rotatable bonds is 6. The maximum absolute atomic E-state index is 3.88. The normalized spacial score (nSPS) is 28.7. The zero-order valence-corrected chi connectivity index (χ0v) is 12.4. The van der Waals surface area contributed by atoms with Crippen LogP contribution < -0.4 is 5.32 Å². The van der Waals surface area contributed by atoms with Crippen LogP contribution in [0.1, 0.15) is 37.7 Å². The van der Waals surface area contributed by atoms with E-state index in [-0.39, 0.29) is 0 Å². The molecule has 1 atom stereocenters. The van der Waals surface area contributed by atoms with Crippen molar-refractivity contribution in [2.45, 2.75) is 44.7 Å². The van der Waals surface area contributed by atoms with Crippen LogP contribution in [0.25, 0.3) is 0 Å². The first-order valence-electron chi connectivity index (χ1n) is 8.34. The summed E-state index contributed by atoms with van der Waals surface area (Å²) >= 11 is 0. The zero-order chi connectivity index (χ0) is 13.4. The van der Waals surface area contributed by atoms with Gasteiger partial charge in [0.15, 0.2) is 0 Å². The van der Waals surface area contributed by atoms with Crippen LogP contribution in [0.4, 0.5) is 0 Å². The average Bonchev–Trinajstić information content (AvgIpc) is 3.37. The summed E-state index contributed by atoms with van der Waals surface area (Å²) in [5.41, 5.74) is 2.19. The van der Waals surface area contributed by atoms with Gasteiger partial charge in [-0.1, -0.05) is 30.3 Å². The van der Waals surface area contributed by atoms with E-state index in [4.69, 9.17) is 0 Å². The van der Waals surface area contributed by atoms with E-state index in [1.165, 1.54) is 57.3 Å². The number of nitrogens with one attached hydrogen (secondary N) is 1. The zero-order valence-electron chi connectivity index (χ0n) is 12.4. The van der Waals surface area contributed by atoms with Crippen molar-refractivity contribution in [1.82, 2.24) is 10.2 Å². The molecule has 1 aliphatic heterocycles. The van der Waals surface area contributed by atoms with Gasteiger partial charge in [-0.05, 0) is 49.0 Å². The Bertz CT molecular complexity index is 448. The number of nitrogens with zero attached hydrogens (tertiary/aromatic N) is 1. The number of hydrogen-bond donors (Lipinski definition) is 1. The molecular formula is C18H26N2. The summed E-state index contributed by atoms with van der Waals surface area (Å²) in [5.74, 6) is 1.08. The Morgan fingerprint density at radius 3 is 2.60 bits per heavy atom. The van der Waals surface area contributed by atoms with E-state index in [2.05, 4.69) is 40.5 Å². The molecule has 0 aromatic heterocycles. The molecule has 3 fully saturated rings. The van der Waals surface area contributed by atoms with Gasteiger partial charge in [0.2, 0.25) is 0 Å². The lowest BCUT2D eigenvalue weighted by Gasteiger charge is -2.20. The van der Waals surface area contributed by atoms with Crippen molar-refractivity contribution in [3.63, 3.8) is 0 Å². The van der Waals surface area contributed by atoms with Crippen LogP contribution in [-0.2, 0) is 6.54 Å². The lowest BCUT2D eigenvalue weighted by atomic mass is 10.0. The molecule has 1 aromatic rings. The van der Waals surface area contributed by atoms with Gasteiger partial charge in [-0.2, -0.15) is 0 Å². The van der Waals surface area contributed by atoms with E-state index >= 15 is 0 Å². The van der Waals surface area contributed by atoms with E-state index in [1.807, 2.05) is 0 Å². The van der Waals surface area contributed by atoms with Crippen molar-refractivity contribution < 1.29 is 0 Å². The molecule has 1 unspecified atom stereocenters. The van der Waals surface area contributed by atoms with Crippen LogP contribution >= 0.6 is 0 Å². The Morgan fingerprint density at radius 1 is 1.10 bits per heavy atom. The maximum Gasteiger partial charge on any atom is 0.0234 e. The largest absolute Gasteiger partial charge is 0.312 e. The maximum atomic E-state index is 3.88. The molecule has 1 aromatic carbocycles. The second-order valence-electron chi connectivity index (χ2n) is 7.22. The van der Waals surface area contributed by atoms with E-state index < -0.39 is 0 Å². The molecule has 20 heavy (non-hydrogen) atoms. The van der Waals surface area contributed by atoms with Gasteiger partial charge in [-0.3, -0.25) is 4.90 Å². The Kier molecular flexibility index (Phi) is 3.31. The molecule has 0 amide bonds. The summed E-state index contributed by atoms with van der Waals surface area (Å²) in [6.45, 7) is 4.90. The van der Waals surface area contributed by atoms with Gasteiger partial charge in [0, 0.05) is 32.2 Å². The highest BCUT2D eigenvalue weighted by molar-refractivity contribution is 5.14. The summed E-state index contributed by atoms with van der Waals surface area (Å²) in [4.78, 5) is 2.60. The molecule has 108 valence electrons. The summed E-state index contributed by atoms with van der Waals surface area (Å²) in [6.07, 6.45) is 7.32. The predicted octanol–water partition coefficient (Wildman–Crippen LogP) is 3.04. The van der Waals surface area contributed by atoms with Gasteiger partial charge >= 0.3 is 0 Å². The molecule has 0 bridgehead atoms. The Balaban J connectivity index is 1.24. The van der Waals surface area contributed by atoms with Crippen molar-refractivity contribution in [2.24, 2.45) is 11.3 Å². The molecule has 2 aliphatic carbocycles. The summed E-state index contributed by atoms with van der Waals surface area (Å²) in [7, 11) is 0. The van der Waals surface area contributed by atoms with Crippen LogP contribution in [0.5, 0.6) is 0 Å². The Labute approximate surface area is 122 Å². The lowest BCUT2D eigenvalue weighted by Crippen LogP contribution is -2.37. The smallest absolute Gasteiger partial charge is 0.0234 e. The van der Waals surface area contributed by atoms with Crippen LogP contribution in [0.15, 0.2) is 30.3 Å². The first kappa shape index (κ1) is 12.8. The summed E-state index contributed by atoms with van der Waals surface area (Å²) in [5, 5.41) is 3.88. The third-order valence-corrected chi connectivity index (χ3v) is 5.60. The molecule has 3 aliphatic rings. The lowest BCUT2D eigenvalue weighted by molar-refractivity contribution is 0.311. The molecule has 1 heterocycles. The van der Waals surface area contributed by atoms with E-state index in [0.717, 1.165) is 23.9 Å². The first-order valence-corrected chi connectivity index (χ1v) is 8.34. The topological polar surface area (TPSA) is 15.3 Å². The molecule has 2 saturated carbocycles. The second kappa shape index (κ2) is 5.16. The standard InChI is InChI=1S/C18H26N2/c1-2-4-15(5-3-1)12-20-11-8-17(13-20)19-14-18(9-10-18)16-6-7-16/h1-5,16-17,19H,6-14H2. The van der Waals surface area contributed by atoms with E-state index in [1.54, 1.807) is 0 Å². The van der Waals surface area contributed by atoms with Crippen molar-refractivity contribution in [3.8, 4) is 0 Å². The molecule has 2 heteroatoms. The fourth-order valence-electron chi connectivity index (χ4n) is 3.92. The van der Waals surface area contributed by atoms with Crippen LogP contribution in [-0.4, -0.2) is 30.6 Å². The number of likely N-dealkylation sites (tertiary alicyclic amines) is 1. The second-order valence-corrected chi connectivity index (χ2v) is 7.22. The molecule has 4 rings (SSSR count). The highest BCUT2D eigenvalue weighted by Gasteiger charge is 2.53. The monoisotopic (exact) mass is 270 g/mol. The van der Waals surface area contributed by atoms with Gasteiger partial charge in [-0.15, -0.1) is 0 Å². The number of benzene rings is 1. The molecule has 2 nitrogen and oxygen atoms in total. The molecule has 0 radical (unpaired) electrons. The van der Waals surface area contributed by atoms with Gasteiger partial charge < -0.3 is 5.32 Å².